The van der Waals surface area contributed by atoms with Gasteiger partial charge in [0.25, 0.3) is 0 Å². The van der Waals surface area contributed by atoms with Crippen LogP contribution in [0.2, 0.25) is 5.02 Å². The quantitative estimate of drug-likeness (QED) is 0.901. The lowest BCUT2D eigenvalue weighted by Crippen LogP contribution is -2.08. The molecule has 1 N–H and O–H groups in total. The fourth-order valence-electron chi connectivity index (χ4n) is 1.77. The van der Waals surface area contributed by atoms with Crippen molar-refractivity contribution >= 4 is 17.6 Å². The van der Waals surface area contributed by atoms with Gasteiger partial charge in [0.15, 0.2) is 5.82 Å². The minimum absolute atomic E-state index is 0.0818. The van der Waals surface area contributed by atoms with Gasteiger partial charge in [-0.25, -0.2) is 0 Å². The Balaban J connectivity index is 2.21. The van der Waals surface area contributed by atoms with Crippen LogP contribution in [-0.4, -0.2) is 31.3 Å². The number of carbonyl (C=O) groups is 1. The third kappa shape index (κ3) is 3.75. The Hall–Kier alpha value is -1.95. The maximum Gasteiger partial charge on any atom is 0.303 e. The SMILES string of the molecule is Cc1nnn(Cc2cc(Cl)ccc2CCC(=O)O)n1. The summed E-state index contributed by atoms with van der Waals surface area (Å²) < 4.78 is 0. The van der Waals surface area contributed by atoms with Crippen LogP contribution < -0.4 is 0 Å². The molecule has 100 valence electrons. The molecule has 1 heterocycles. The van der Waals surface area contributed by atoms with Crippen LogP contribution in [0.25, 0.3) is 0 Å². The topological polar surface area (TPSA) is 80.9 Å². The second-order valence-corrected chi connectivity index (χ2v) is 4.61. The molecule has 0 atom stereocenters. The van der Waals surface area contributed by atoms with E-state index in [0.29, 0.717) is 23.8 Å². The average Bonchev–Trinajstić information content (AvgIpc) is 2.73. The molecule has 2 aromatic rings. The van der Waals surface area contributed by atoms with Gasteiger partial charge in [0.05, 0.1) is 6.54 Å². The van der Waals surface area contributed by atoms with Gasteiger partial charge in [-0.15, -0.1) is 10.2 Å². The van der Waals surface area contributed by atoms with E-state index >= 15 is 0 Å². The number of carboxylic acid groups (broad SMARTS) is 1. The molecule has 0 aliphatic carbocycles. The number of rotatable bonds is 5. The summed E-state index contributed by atoms with van der Waals surface area (Å²) in [4.78, 5) is 12.1. The van der Waals surface area contributed by atoms with Crippen LogP contribution in [0.1, 0.15) is 23.4 Å². The van der Waals surface area contributed by atoms with Gasteiger partial charge in [-0.3, -0.25) is 4.79 Å². The number of halogens is 1. The molecule has 0 amide bonds. The van der Waals surface area contributed by atoms with E-state index < -0.39 is 5.97 Å². The van der Waals surface area contributed by atoms with E-state index in [9.17, 15) is 4.79 Å². The zero-order valence-electron chi connectivity index (χ0n) is 10.4. The van der Waals surface area contributed by atoms with Crippen molar-refractivity contribution in [2.24, 2.45) is 0 Å². The molecule has 2 rings (SSSR count). The first-order chi connectivity index (χ1) is 9.04. The Morgan fingerprint density at radius 1 is 1.42 bits per heavy atom. The van der Waals surface area contributed by atoms with Gasteiger partial charge in [0.1, 0.15) is 0 Å². The van der Waals surface area contributed by atoms with Crippen molar-refractivity contribution in [3.8, 4) is 0 Å². The van der Waals surface area contributed by atoms with E-state index in [1.807, 2.05) is 6.07 Å². The zero-order chi connectivity index (χ0) is 13.8. The van der Waals surface area contributed by atoms with Crippen LogP contribution in [0, 0.1) is 6.92 Å². The number of aliphatic carboxylic acids is 1. The fourth-order valence-corrected chi connectivity index (χ4v) is 1.96. The van der Waals surface area contributed by atoms with Gasteiger partial charge in [0.2, 0.25) is 0 Å². The van der Waals surface area contributed by atoms with Gasteiger partial charge in [0, 0.05) is 11.4 Å². The first-order valence-electron chi connectivity index (χ1n) is 5.78. The minimum Gasteiger partial charge on any atom is -0.481 e. The normalized spacial score (nSPS) is 10.6. The largest absolute Gasteiger partial charge is 0.481 e. The van der Waals surface area contributed by atoms with Crippen molar-refractivity contribution in [3.05, 3.63) is 40.2 Å². The number of benzene rings is 1. The maximum absolute atomic E-state index is 10.6. The van der Waals surface area contributed by atoms with E-state index in [0.717, 1.165) is 11.1 Å². The summed E-state index contributed by atoms with van der Waals surface area (Å²) in [6, 6.07) is 5.39. The van der Waals surface area contributed by atoms with Crippen molar-refractivity contribution in [3.63, 3.8) is 0 Å². The molecule has 0 saturated carbocycles. The summed E-state index contributed by atoms with van der Waals surface area (Å²) in [6.07, 6.45) is 0.536. The predicted octanol–water partition coefficient (Wildman–Crippen LogP) is 1.70. The van der Waals surface area contributed by atoms with E-state index in [1.165, 1.54) is 4.80 Å². The fraction of sp³-hybridized carbons (Fsp3) is 0.333. The Morgan fingerprint density at radius 3 is 2.84 bits per heavy atom. The lowest BCUT2D eigenvalue weighted by molar-refractivity contribution is -0.136. The summed E-state index contributed by atoms with van der Waals surface area (Å²) in [5.41, 5.74) is 1.84. The predicted molar refractivity (Wildman–Crippen MR) is 69.1 cm³/mol. The van der Waals surface area contributed by atoms with Crippen molar-refractivity contribution in [1.29, 1.82) is 0 Å². The summed E-state index contributed by atoms with van der Waals surface area (Å²) >= 11 is 5.97. The van der Waals surface area contributed by atoms with Gasteiger partial charge in [-0.05, 0) is 41.8 Å². The minimum atomic E-state index is -0.823. The summed E-state index contributed by atoms with van der Waals surface area (Å²) in [5, 5.41) is 21.1. The molecule has 19 heavy (non-hydrogen) atoms. The van der Waals surface area contributed by atoms with Crippen molar-refractivity contribution in [1.82, 2.24) is 20.2 Å². The zero-order valence-corrected chi connectivity index (χ0v) is 11.1. The molecule has 0 fully saturated rings. The molecule has 1 aromatic heterocycles. The third-order valence-corrected chi connectivity index (χ3v) is 2.88. The molecule has 1 aromatic carbocycles. The molecule has 6 nitrogen and oxygen atoms in total. The molecule has 0 spiro atoms. The Labute approximate surface area is 115 Å². The molecule has 7 heteroatoms. The Morgan fingerprint density at radius 2 is 2.21 bits per heavy atom. The highest BCUT2D eigenvalue weighted by molar-refractivity contribution is 6.30. The lowest BCUT2D eigenvalue weighted by Gasteiger charge is -2.08. The number of aromatic nitrogens is 4. The molecule has 0 radical (unpaired) electrons. The highest BCUT2D eigenvalue weighted by atomic mass is 35.5. The standard InChI is InChI=1S/C12H13ClN4O2/c1-8-14-16-17(15-8)7-10-6-11(13)4-2-9(10)3-5-12(18)19/h2,4,6H,3,5,7H2,1H3,(H,18,19). The molecule has 0 saturated heterocycles. The first kappa shape index (κ1) is 13.5. The highest BCUT2D eigenvalue weighted by Gasteiger charge is 2.08. The van der Waals surface area contributed by atoms with E-state index in [1.54, 1.807) is 19.1 Å². The van der Waals surface area contributed by atoms with E-state index in [-0.39, 0.29) is 6.42 Å². The van der Waals surface area contributed by atoms with E-state index in [4.69, 9.17) is 16.7 Å². The average molecular weight is 281 g/mol. The van der Waals surface area contributed by atoms with Crippen molar-refractivity contribution < 1.29 is 9.90 Å². The number of hydrogen-bond acceptors (Lipinski definition) is 4. The number of hydrogen-bond donors (Lipinski definition) is 1. The van der Waals surface area contributed by atoms with Crippen LogP contribution in [0.3, 0.4) is 0 Å². The van der Waals surface area contributed by atoms with Gasteiger partial charge in [-0.2, -0.15) is 4.80 Å². The van der Waals surface area contributed by atoms with Crippen LogP contribution in [0.15, 0.2) is 18.2 Å². The third-order valence-electron chi connectivity index (χ3n) is 2.64. The number of aryl methyl sites for hydroxylation is 2. The molecular formula is C12H13ClN4O2. The first-order valence-corrected chi connectivity index (χ1v) is 6.16. The monoisotopic (exact) mass is 280 g/mol. The Bertz CT molecular complexity index is 597. The lowest BCUT2D eigenvalue weighted by atomic mass is 10.0. The Kier molecular flexibility index (Phi) is 4.11. The highest BCUT2D eigenvalue weighted by Crippen LogP contribution is 2.18. The molecular weight excluding hydrogens is 268 g/mol. The van der Waals surface area contributed by atoms with Gasteiger partial charge >= 0.3 is 5.97 Å². The van der Waals surface area contributed by atoms with Crippen LogP contribution in [-0.2, 0) is 17.8 Å². The van der Waals surface area contributed by atoms with E-state index in [2.05, 4.69) is 15.4 Å². The maximum atomic E-state index is 10.6. The van der Waals surface area contributed by atoms with Crippen LogP contribution in [0.4, 0.5) is 0 Å². The molecule has 0 aliphatic heterocycles. The number of tetrazole rings is 1. The molecule has 0 aliphatic rings. The summed E-state index contributed by atoms with van der Waals surface area (Å²) in [7, 11) is 0. The van der Waals surface area contributed by atoms with Gasteiger partial charge < -0.3 is 5.11 Å². The van der Waals surface area contributed by atoms with Gasteiger partial charge in [-0.1, -0.05) is 17.7 Å². The summed E-state index contributed by atoms with van der Waals surface area (Å²) in [5.74, 6) is -0.232. The number of carboxylic acids is 1. The second kappa shape index (κ2) is 5.79. The summed E-state index contributed by atoms with van der Waals surface area (Å²) in [6.45, 7) is 2.18. The molecule has 0 bridgehead atoms. The smallest absolute Gasteiger partial charge is 0.303 e. The van der Waals surface area contributed by atoms with Crippen molar-refractivity contribution in [2.75, 3.05) is 0 Å². The number of nitrogens with zero attached hydrogens (tertiary/aromatic N) is 4. The van der Waals surface area contributed by atoms with Crippen LogP contribution >= 0.6 is 11.6 Å². The van der Waals surface area contributed by atoms with Crippen LogP contribution in [0.5, 0.6) is 0 Å². The molecule has 0 unspecified atom stereocenters. The second-order valence-electron chi connectivity index (χ2n) is 4.17. The van der Waals surface area contributed by atoms with Crippen molar-refractivity contribution in [2.45, 2.75) is 26.3 Å².